The summed E-state index contributed by atoms with van der Waals surface area (Å²) in [5, 5.41) is 7.52. The molecule has 1 amide bonds. The molecule has 0 aliphatic heterocycles. The highest BCUT2D eigenvalue weighted by Gasteiger charge is 2.18. The van der Waals surface area contributed by atoms with Crippen LogP contribution in [0.1, 0.15) is 38.8 Å². The summed E-state index contributed by atoms with van der Waals surface area (Å²) in [6, 6.07) is 21.3. The molecular formula is C25H25N3O3. The van der Waals surface area contributed by atoms with Crippen molar-refractivity contribution >= 4 is 11.6 Å². The van der Waals surface area contributed by atoms with E-state index in [9.17, 15) is 4.79 Å². The van der Waals surface area contributed by atoms with Gasteiger partial charge in [0.2, 0.25) is 0 Å². The number of carbonyl (C=O) groups excluding carboxylic acids is 1. The van der Waals surface area contributed by atoms with Crippen molar-refractivity contribution in [3.63, 3.8) is 0 Å². The summed E-state index contributed by atoms with van der Waals surface area (Å²) < 4.78 is 13.4. The number of ether oxygens (including phenoxy) is 1. The normalized spacial score (nSPS) is 10.8. The van der Waals surface area contributed by atoms with E-state index in [4.69, 9.17) is 9.15 Å². The van der Waals surface area contributed by atoms with Crippen LogP contribution in [-0.2, 0) is 13.2 Å². The minimum atomic E-state index is -0.312. The summed E-state index contributed by atoms with van der Waals surface area (Å²) in [6.07, 6.45) is 0. The topological polar surface area (TPSA) is 69.3 Å². The third kappa shape index (κ3) is 4.69. The average Bonchev–Trinajstić information content (AvgIpc) is 3.34. The Hall–Kier alpha value is -3.80. The fraction of sp³-hybridized carbons (Fsp3) is 0.200. The predicted molar refractivity (Wildman–Crippen MR) is 119 cm³/mol. The zero-order valence-electron chi connectivity index (χ0n) is 17.9. The molecular weight excluding hydrogens is 390 g/mol. The number of anilines is 1. The summed E-state index contributed by atoms with van der Waals surface area (Å²) in [5.41, 5.74) is 4.55. The van der Waals surface area contributed by atoms with Crippen LogP contribution in [0, 0.1) is 20.8 Å². The lowest BCUT2D eigenvalue weighted by Crippen LogP contribution is -2.12. The number of nitrogens with zero attached hydrogens (tertiary/aromatic N) is 2. The van der Waals surface area contributed by atoms with Crippen LogP contribution in [0.3, 0.4) is 0 Å². The summed E-state index contributed by atoms with van der Waals surface area (Å²) in [7, 11) is 0. The number of nitrogens with one attached hydrogen (secondary N) is 1. The average molecular weight is 415 g/mol. The maximum atomic E-state index is 12.7. The Morgan fingerprint density at radius 1 is 1.00 bits per heavy atom. The van der Waals surface area contributed by atoms with Crippen LogP contribution in [0.2, 0.25) is 0 Å². The molecule has 0 fully saturated rings. The van der Waals surface area contributed by atoms with Gasteiger partial charge in [-0.1, -0.05) is 48.5 Å². The standard InChI is InChI=1S/C25H25N3O3/c1-17-9-7-8-12-22(17)30-16-21-13-14-23(31-21)25(29)26-24-18(2)27-28(19(24)3)15-20-10-5-4-6-11-20/h4-14H,15-16H2,1-3H3,(H,26,29). The van der Waals surface area contributed by atoms with E-state index in [1.807, 2.05) is 67.9 Å². The maximum absolute atomic E-state index is 12.7. The van der Waals surface area contributed by atoms with Crippen LogP contribution in [0.4, 0.5) is 5.69 Å². The largest absolute Gasteiger partial charge is 0.485 e. The highest BCUT2D eigenvalue weighted by molar-refractivity contribution is 6.02. The fourth-order valence-corrected chi connectivity index (χ4v) is 3.41. The summed E-state index contributed by atoms with van der Waals surface area (Å²) >= 11 is 0. The van der Waals surface area contributed by atoms with Crippen molar-refractivity contribution in [3.05, 3.63) is 101 Å². The first-order chi connectivity index (χ1) is 15.0. The van der Waals surface area contributed by atoms with Gasteiger partial charge >= 0.3 is 0 Å². The number of rotatable bonds is 7. The highest BCUT2D eigenvalue weighted by Crippen LogP contribution is 2.23. The number of aryl methyl sites for hydroxylation is 2. The minimum absolute atomic E-state index is 0.234. The first-order valence-electron chi connectivity index (χ1n) is 10.2. The monoisotopic (exact) mass is 415 g/mol. The minimum Gasteiger partial charge on any atom is -0.485 e. The van der Waals surface area contributed by atoms with Crippen molar-refractivity contribution in [1.82, 2.24) is 9.78 Å². The van der Waals surface area contributed by atoms with E-state index in [1.165, 1.54) is 0 Å². The lowest BCUT2D eigenvalue weighted by molar-refractivity contribution is 0.0992. The van der Waals surface area contributed by atoms with Crippen molar-refractivity contribution in [1.29, 1.82) is 0 Å². The molecule has 0 unspecified atom stereocenters. The van der Waals surface area contributed by atoms with Gasteiger partial charge in [-0.15, -0.1) is 0 Å². The van der Waals surface area contributed by atoms with Crippen LogP contribution in [0.25, 0.3) is 0 Å². The second-order valence-corrected chi connectivity index (χ2v) is 7.46. The Balaban J connectivity index is 1.42. The quantitative estimate of drug-likeness (QED) is 0.446. The van der Waals surface area contributed by atoms with E-state index in [0.717, 1.165) is 28.3 Å². The molecule has 6 nitrogen and oxygen atoms in total. The van der Waals surface area contributed by atoms with E-state index >= 15 is 0 Å². The molecule has 1 N–H and O–H groups in total. The molecule has 0 atom stereocenters. The number of para-hydroxylation sites is 1. The summed E-state index contributed by atoms with van der Waals surface area (Å²) in [5.74, 6) is 1.30. The molecule has 0 spiro atoms. The van der Waals surface area contributed by atoms with Crippen LogP contribution in [-0.4, -0.2) is 15.7 Å². The number of hydrogen-bond donors (Lipinski definition) is 1. The Morgan fingerprint density at radius 2 is 1.74 bits per heavy atom. The third-order valence-corrected chi connectivity index (χ3v) is 5.14. The SMILES string of the molecule is Cc1ccccc1OCc1ccc(C(=O)Nc2c(C)nn(Cc3ccccc3)c2C)o1. The number of hydrogen-bond acceptors (Lipinski definition) is 4. The molecule has 0 aliphatic rings. The van der Waals surface area contributed by atoms with Gasteiger partial charge in [0.25, 0.3) is 5.91 Å². The van der Waals surface area contributed by atoms with Gasteiger partial charge in [-0.05, 0) is 50.1 Å². The lowest BCUT2D eigenvalue weighted by atomic mass is 10.2. The van der Waals surface area contributed by atoms with E-state index in [-0.39, 0.29) is 18.3 Å². The zero-order valence-corrected chi connectivity index (χ0v) is 17.9. The first kappa shape index (κ1) is 20.5. The molecule has 0 radical (unpaired) electrons. The van der Waals surface area contributed by atoms with E-state index in [2.05, 4.69) is 22.5 Å². The smallest absolute Gasteiger partial charge is 0.291 e. The van der Waals surface area contributed by atoms with Crippen LogP contribution < -0.4 is 10.1 Å². The molecule has 6 heteroatoms. The van der Waals surface area contributed by atoms with Gasteiger partial charge in [-0.3, -0.25) is 9.48 Å². The van der Waals surface area contributed by atoms with Crippen molar-refractivity contribution in [2.24, 2.45) is 0 Å². The number of aromatic nitrogens is 2. The van der Waals surface area contributed by atoms with Crippen molar-refractivity contribution in [2.75, 3.05) is 5.32 Å². The van der Waals surface area contributed by atoms with Gasteiger partial charge in [-0.25, -0.2) is 0 Å². The molecule has 0 saturated heterocycles. The number of benzene rings is 2. The number of furan rings is 1. The molecule has 0 bridgehead atoms. The first-order valence-corrected chi connectivity index (χ1v) is 10.2. The zero-order chi connectivity index (χ0) is 21.8. The Kier molecular flexibility index (Phi) is 5.89. The highest BCUT2D eigenvalue weighted by atomic mass is 16.5. The molecule has 4 rings (SSSR count). The van der Waals surface area contributed by atoms with Gasteiger partial charge in [-0.2, -0.15) is 5.10 Å². The van der Waals surface area contributed by atoms with Crippen LogP contribution in [0.15, 0.2) is 71.1 Å². The molecule has 0 aliphatic carbocycles. The molecule has 0 saturated carbocycles. The lowest BCUT2D eigenvalue weighted by Gasteiger charge is -2.07. The van der Waals surface area contributed by atoms with Gasteiger partial charge in [0, 0.05) is 0 Å². The predicted octanol–water partition coefficient (Wildman–Crippen LogP) is 5.28. The number of amides is 1. The van der Waals surface area contributed by atoms with Crippen molar-refractivity contribution in [3.8, 4) is 5.75 Å². The third-order valence-electron chi connectivity index (χ3n) is 5.14. The second-order valence-electron chi connectivity index (χ2n) is 7.46. The summed E-state index contributed by atoms with van der Waals surface area (Å²) in [6.45, 7) is 6.71. The van der Waals surface area contributed by atoms with E-state index in [0.29, 0.717) is 18.0 Å². The molecule has 2 heterocycles. The van der Waals surface area contributed by atoms with Crippen LogP contribution >= 0.6 is 0 Å². The molecule has 158 valence electrons. The maximum Gasteiger partial charge on any atom is 0.291 e. The molecule has 31 heavy (non-hydrogen) atoms. The van der Waals surface area contributed by atoms with Gasteiger partial charge in [0.1, 0.15) is 18.1 Å². The van der Waals surface area contributed by atoms with Gasteiger partial charge in [0.05, 0.1) is 23.6 Å². The van der Waals surface area contributed by atoms with Gasteiger partial charge < -0.3 is 14.5 Å². The molecule has 4 aromatic rings. The second kappa shape index (κ2) is 8.92. The van der Waals surface area contributed by atoms with E-state index < -0.39 is 0 Å². The van der Waals surface area contributed by atoms with E-state index in [1.54, 1.807) is 12.1 Å². The van der Waals surface area contributed by atoms with Crippen molar-refractivity contribution < 1.29 is 13.9 Å². The Morgan fingerprint density at radius 3 is 2.52 bits per heavy atom. The van der Waals surface area contributed by atoms with Crippen LogP contribution in [0.5, 0.6) is 5.75 Å². The number of carbonyl (C=O) groups is 1. The van der Waals surface area contributed by atoms with Crippen molar-refractivity contribution in [2.45, 2.75) is 33.9 Å². The van der Waals surface area contributed by atoms with Gasteiger partial charge in [0.15, 0.2) is 5.76 Å². The fourth-order valence-electron chi connectivity index (χ4n) is 3.41. The summed E-state index contributed by atoms with van der Waals surface area (Å²) in [4.78, 5) is 12.7. The Labute approximate surface area is 181 Å². The molecule has 2 aromatic carbocycles. The molecule has 2 aromatic heterocycles. The Bertz CT molecular complexity index is 1190.